The maximum Gasteiger partial charge on any atom is 0.574 e. The van der Waals surface area contributed by atoms with Gasteiger partial charge in [0.2, 0.25) is 11.0 Å². The molecule has 3 heterocycles. The van der Waals surface area contributed by atoms with Crippen molar-refractivity contribution in [2.75, 3.05) is 0 Å². The van der Waals surface area contributed by atoms with Gasteiger partial charge < -0.3 is 10.1 Å². The molecule has 3 aromatic rings. The second-order valence-corrected chi connectivity index (χ2v) is 6.81. The molecule has 0 bridgehead atoms. The van der Waals surface area contributed by atoms with Crippen molar-refractivity contribution in [3.05, 3.63) is 46.1 Å². The van der Waals surface area contributed by atoms with Gasteiger partial charge >= 0.3 is 6.36 Å². The number of nitrogens with zero attached hydrogens (tertiary/aromatic N) is 6. The van der Waals surface area contributed by atoms with Crippen LogP contribution in [0.15, 0.2) is 24.7 Å². The number of hydrogen-bond acceptors (Lipinski definition) is 8. The van der Waals surface area contributed by atoms with Crippen molar-refractivity contribution in [1.82, 2.24) is 30.0 Å². The number of aromatic nitrogens is 5. The molecule has 1 amide bonds. The molecule has 0 radical (unpaired) electrons. The standard InChI is InChI=1S/C15H9ClF3N7O2S/c1-7(12-22-6-23-26(12)14-21-5-9(4-20)29-14)24-13(27)8-2-10(16)25-11(3-8)28-15(17,18)19/h2-3,5-7H,1H3,(H,24,27)/t7-/m0/s1. The highest BCUT2D eigenvalue weighted by molar-refractivity contribution is 7.14. The molecule has 0 spiro atoms. The molecular formula is C15H9ClF3N7O2S. The lowest BCUT2D eigenvalue weighted by molar-refractivity contribution is -0.276. The van der Waals surface area contributed by atoms with Crippen molar-refractivity contribution in [1.29, 1.82) is 5.26 Å². The topological polar surface area (TPSA) is 119 Å². The zero-order chi connectivity index (χ0) is 21.2. The molecule has 0 aromatic carbocycles. The minimum absolute atomic E-state index is 0.191. The Morgan fingerprint density at radius 3 is 2.83 bits per heavy atom. The van der Waals surface area contributed by atoms with Gasteiger partial charge in [-0.2, -0.15) is 15.0 Å². The average molecular weight is 444 g/mol. The number of nitriles is 1. The molecule has 0 saturated carbocycles. The number of amides is 1. The molecule has 9 nitrogen and oxygen atoms in total. The van der Waals surface area contributed by atoms with Crippen LogP contribution in [-0.4, -0.2) is 37.0 Å². The number of ether oxygens (including phenoxy) is 1. The fourth-order valence-corrected chi connectivity index (χ4v) is 3.11. The Balaban J connectivity index is 1.80. The van der Waals surface area contributed by atoms with Gasteiger partial charge in [0.1, 0.15) is 22.4 Å². The Labute approximate surface area is 169 Å². The molecule has 0 unspecified atom stereocenters. The number of carbonyl (C=O) groups excluding carboxylic acids is 1. The van der Waals surface area contributed by atoms with Crippen LogP contribution in [0.5, 0.6) is 5.88 Å². The molecule has 3 rings (SSSR count). The number of hydrogen-bond donors (Lipinski definition) is 1. The van der Waals surface area contributed by atoms with E-state index in [1.807, 2.05) is 6.07 Å². The average Bonchev–Trinajstić information content (AvgIpc) is 3.28. The summed E-state index contributed by atoms with van der Waals surface area (Å²) in [5.41, 5.74) is -0.191. The molecule has 150 valence electrons. The number of pyridine rings is 1. The van der Waals surface area contributed by atoms with Crippen LogP contribution >= 0.6 is 22.9 Å². The number of nitrogens with one attached hydrogen (secondary N) is 1. The van der Waals surface area contributed by atoms with Crippen molar-refractivity contribution in [3.63, 3.8) is 0 Å². The molecule has 29 heavy (non-hydrogen) atoms. The molecule has 0 aliphatic carbocycles. The lowest BCUT2D eigenvalue weighted by atomic mass is 10.2. The van der Waals surface area contributed by atoms with Crippen LogP contribution in [0.2, 0.25) is 5.15 Å². The van der Waals surface area contributed by atoms with Gasteiger partial charge in [-0.25, -0.2) is 15.0 Å². The van der Waals surface area contributed by atoms with Gasteiger partial charge in [0.25, 0.3) is 5.91 Å². The molecule has 0 aliphatic heterocycles. The van der Waals surface area contributed by atoms with E-state index in [2.05, 4.69) is 30.1 Å². The Morgan fingerprint density at radius 2 is 2.17 bits per heavy atom. The van der Waals surface area contributed by atoms with Gasteiger partial charge in [-0.3, -0.25) is 4.79 Å². The van der Waals surface area contributed by atoms with Gasteiger partial charge in [0, 0.05) is 11.6 Å². The Kier molecular flexibility index (Phi) is 5.66. The summed E-state index contributed by atoms with van der Waals surface area (Å²) < 4.78 is 42.2. The fourth-order valence-electron chi connectivity index (χ4n) is 2.23. The number of halogens is 4. The van der Waals surface area contributed by atoms with E-state index >= 15 is 0 Å². The van der Waals surface area contributed by atoms with Crippen LogP contribution in [0, 0.1) is 11.3 Å². The van der Waals surface area contributed by atoms with E-state index in [1.165, 1.54) is 17.2 Å². The van der Waals surface area contributed by atoms with Gasteiger partial charge in [-0.1, -0.05) is 22.9 Å². The second-order valence-electron chi connectivity index (χ2n) is 5.41. The van der Waals surface area contributed by atoms with Crippen LogP contribution in [0.1, 0.15) is 34.0 Å². The second kappa shape index (κ2) is 8.02. The summed E-state index contributed by atoms with van der Waals surface area (Å²) in [6.07, 6.45) is -2.37. The monoisotopic (exact) mass is 443 g/mol. The quantitative estimate of drug-likeness (QED) is 0.602. The summed E-state index contributed by atoms with van der Waals surface area (Å²) in [6, 6.07) is 3.15. The van der Waals surface area contributed by atoms with Gasteiger partial charge in [0.05, 0.1) is 12.2 Å². The van der Waals surface area contributed by atoms with Crippen LogP contribution in [0.25, 0.3) is 5.13 Å². The van der Waals surface area contributed by atoms with Gasteiger partial charge in [-0.05, 0) is 13.0 Å². The van der Waals surface area contributed by atoms with E-state index < -0.39 is 24.2 Å². The van der Waals surface area contributed by atoms with Crippen molar-refractivity contribution in [3.8, 4) is 17.1 Å². The van der Waals surface area contributed by atoms with Crippen LogP contribution in [0.4, 0.5) is 13.2 Å². The van der Waals surface area contributed by atoms with E-state index in [1.54, 1.807) is 6.92 Å². The third kappa shape index (κ3) is 4.98. The predicted molar refractivity (Wildman–Crippen MR) is 93.6 cm³/mol. The largest absolute Gasteiger partial charge is 0.574 e. The maximum absolute atomic E-state index is 12.5. The lowest BCUT2D eigenvalue weighted by Gasteiger charge is -2.14. The molecule has 0 saturated heterocycles. The minimum Gasteiger partial charge on any atom is -0.388 e. The third-order valence-corrected chi connectivity index (χ3v) is 4.42. The summed E-state index contributed by atoms with van der Waals surface area (Å²) in [5.74, 6) is -1.30. The summed E-state index contributed by atoms with van der Waals surface area (Å²) in [7, 11) is 0. The zero-order valence-electron chi connectivity index (χ0n) is 14.3. The first-order valence-electron chi connectivity index (χ1n) is 7.66. The van der Waals surface area contributed by atoms with Crippen molar-refractivity contribution in [2.45, 2.75) is 19.3 Å². The highest BCUT2D eigenvalue weighted by Gasteiger charge is 2.32. The third-order valence-electron chi connectivity index (χ3n) is 3.35. The number of carbonyl (C=O) groups is 1. The van der Waals surface area contributed by atoms with Crippen LogP contribution in [0.3, 0.4) is 0 Å². The first-order chi connectivity index (χ1) is 13.7. The number of thiazole rings is 1. The first-order valence-corrected chi connectivity index (χ1v) is 8.86. The predicted octanol–water partition coefficient (Wildman–Crippen LogP) is 3.03. The molecule has 1 N–H and O–H groups in total. The Hall–Kier alpha value is -3.24. The first kappa shape index (κ1) is 20.5. The molecule has 1 atom stereocenters. The van der Waals surface area contributed by atoms with Gasteiger partial charge in [-0.15, -0.1) is 13.2 Å². The summed E-state index contributed by atoms with van der Waals surface area (Å²) in [5, 5.41) is 15.5. The Bertz CT molecular complexity index is 1090. The highest BCUT2D eigenvalue weighted by Crippen LogP contribution is 2.25. The van der Waals surface area contributed by atoms with Gasteiger partial charge in [0.15, 0.2) is 5.82 Å². The van der Waals surface area contributed by atoms with E-state index in [0.717, 1.165) is 23.5 Å². The van der Waals surface area contributed by atoms with Crippen molar-refractivity contribution in [2.24, 2.45) is 0 Å². The number of rotatable bonds is 5. The SMILES string of the molecule is C[C@H](NC(=O)c1cc(Cl)nc(OC(F)(F)F)c1)c1ncnn1-c1ncc(C#N)s1. The summed E-state index contributed by atoms with van der Waals surface area (Å²) >= 11 is 6.76. The van der Waals surface area contributed by atoms with E-state index in [0.29, 0.717) is 15.8 Å². The summed E-state index contributed by atoms with van der Waals surface area (Å²) in [4.78, 5) is 24.3. The fraction of sp³-hybridized carbons (Fsp3) is 0.200. The molecule has 14 heteroatoms. The normalized spacial score (nSPS) is 12.3. The number of alkyl halides is 3. The molecule has 0 aliphatic rings. The minimum atomic E-state index is -4.98. The van der Waals surface area contributed by atoms with Crippen LogP contribution in [-0.2, 0) is 0 Å². The van der Waals surface area contributed by atoms with Crippen LogP contribution < -0.4 is 10.1 Å². The smallest absolute Gasteiger partial charge is 0.388 e. The summed E-state index contributed by atoms with van der Waals surface area (Å²) in [6.45, 7) is 1.59. The Morgan fingerprint density at radius 1 is 1.41 bits per heavy atom. The van der Waals surface area contributed by atoms with E-state index in [4.69, 9.17) is 16.9 Å². The molecule has 3 aromatic heterocycles. The van der Waals surface area contributed by atoms with E-state index in [9.17, 15) is 18.0 Å². The zero-order valence-corrected chi connectivity index (χ0v) is 15.9. The van der Waals surface area contributed by atoms with Crippen molar-refractivity contribution < 1.29 is 22.7 Å². The van der Waals surface area contributed by atoms with E-state index in [-0.39, 0.29) is 10.7 Å². The highest BCUT2D eigenvalue weighted by atomic mass is 35.5. The van der Waals surface area contributed by atoms with Crippen molar-refractivity contribution >= 4 is 28.8 Å². The molecular weight excluding hydrogens is 435 g/mol. The molecule has 0 fully saturated rings. The maximum atomic E-state index is 12.5. The lowest BCUT2D eigenvalue weighted by Crippen LogP contribution is -2.29.